The van der Waals surface area contributed by atoms with Crippen molar-refractivity contribution in [2.24, 2.45) is 5.41 Å². The maximum absolute atomic E-state index is 10.8. The van der Waals surface area contributed by atoms with Gasteiger partial charge in [0.25, 0.3) is 0 Å². The Morgan fingerprint density at radius 1 is 1.67 bits per heavy atom. The van der Waals surface area contributed by atoms with Crippen molar-refractivity contribution in [2.75, 3.05) is 13.1 Å². The Morgan fingerprint density at radius 3 is 2.67 bits per heavy atom. The van der Waals surface area contributed by atoms with Crippen LogP contribution in [0.3, 0.4) is 0 Å². The second-order valence-corrected chi connectivity index (χ2v) is 3.36. The molecule has 0 heterocycles. The molecule has 1 aliphatic carbocycles. The molecule has 0 aromatic carbocycles. The molecule has 0 atom stereocenters. The number of hydrogen-bond acceptors (Lipinski definition) is 2. The molecule has 68 valence electrons. The summed E-state index contributed by atoms with van der Waals surface area (Å²) in [6.07, 6.45) is 4.41. The molecule has 1 rings (SSSR count). The predicted molar refractivity (Wildman–Crippen MR) is 47.0 cm³/mol. The van der Waals surface area contributed by atoms with Crippen molar-refractivity contribution >= 4 is 5.97 Å². The predicted octanol–water partition coefficient (Wildman–Crippen LogP) is 1.02. The van der Waals surface area contributed by atoms with Gasteiger partial charge in [-0.15, -0.1) is 6.58 Å². The van der Waals surface area contributed by atoms with Crippen LogP contribution in [0.4, 0.5) is 0 Å². The van der Waals surface area contributed by atoms with Crippen LogP contribution >= 0.6 is 0 Å². The first-order valence-corrected chi connectivity index (χ1v) is 4.26. The smallest absolute Gasteiger partial charge is 0.310 e. The molecule has 0 aliphatic heterocycles. The molecule has 0 aromatic heterocycles. The summed E-state index contributed by atoms with van der Waals surface area (Å²) < 4.78 is 0. The van der Waals surface area contributed by atoms with Crippen LogP contribution < -0.4 is 5.32 Å². The second kappa shape index (κ2) is 3.72. The van der Waals surface area contributed by atoms with E-state index in [0.29, 0.717) is 13.1 Å². The van der Waals surface area contributed by atoms with E-state index in [9.17, 15) is 4.79 Å². The van der Waals surface area contributed by atoms with Crippen LogP contribution in [0, 0.1) is 5.41 Å². The molecule has 0 amide bonds. The van der Waals surface area contributed by atoms with E-state index < -0.39 is 11.4 Å². The van der Waals surface area contributed by atoms with Gasteiger partial charge in [-0.3, -0.25) is 4.79 Å². The van der Waals surface area contributed by atoms with Crippen molar-refractivity contribution in [3.63, 3.8) is 0 Å². The SMILES string of the molecule is C=CCNCC1(C(=O)O)CCC1. The average Bonchev–Trinajstić information content (AvgIpc) is 1.94. The number of carboxylic acid groups (broad SMARTS) is 1. The fourth-order valence-corrected chi connectivity index (χ4v) is 1.48. The lowest BCUT2D eigenvalue weighted by atomic mass is 9.69. The van der Waals surface area contributed by atoms with E-state index in [2.05, 4.69) is 11.9 Å². The van der Waals surface area contributed by atoms with Crippen LogP contribution in [0.25, 0.3) is 0 Å². The maximum atomic E-state index is 10.8. The van der Waals surface area contributed by atoms with Crippen LogP contribution in [0.5, 0.6) is 0 Å². The zero-order chi connectivity index (χ0) is 9.03. The zero-order valence-corrected chi connectivity index (χ0v) is 7.18. The third-order valence-electron chi connectivity index (χ3n) is 2.52. The first-order valence-electron chi connectivity index (χ1n) is 4.26. The van der Waals surface area contributed by atoms with E-state index in [4.69, 9.17) is 5.11 Å². The van der Waals surface area contributed by atoms with E-state index in [1.807, 2.05) is 0 Å². The van der Waals surface area contributed by atoms with Crippen LogP contribution in [0.2, 0.25) is 0 Å². The van der Waals surface area contributed by atoms with Crippen LogP contribution in [-0.4, -0.2) is 24.2 Å². The van der Waals surface area contributed by atoms with Gasteiger partial charge in [0.2, 0.25) is 0 Å². The van der Waals surface area contributed by atoms with E-state index >= 15 is 0 Å². The number of aliphatic carboxylic acids is 1. The fraction of sp³-hybridized carbons (Fsp3) is 0.667. The minimum atomic E-state index is -0.662. The highest BCUT2D eigenvalue weighted by Crippen LogP contribution is 2.40. The second-order valence-electron chi connectivity index (χ2n) is 3.36. The molecule has 0 aromatic rings. The molecule has 0 unspecified atom stereocenters. The number of carboxylic acids is 1. The molecule has 0 radical (unpaired) electrons. The molecule has 1 aliphatic rings. The zero-order valence-electron chi connectivity index (χ0n) is 7.18. The lowest BCUT2D eigenvalue weighted by Gasteiger charge is -2.37. The summed E-state index contributed by atoms with van der Waals surface area (Å²) in [5.41, 5.74) is -0.469. The van der Waals surface area contributed by atoms with Gasteiger partial charge >= 0.3 is 5.97 Å². The topological polar surface area (TPSA) is 49.3 Å². The van der Waals surface area contributed by atoms with E-state index in [1.54, 1.807) is 6.08 Å². The number of rotatable bonds is 5. The lowest BCUT2D eigenvalue weighted by Crippen LogP contribution is -2.46. The van der Waals surface area contributed by atoms with Gasteiger partial charge in [0.1, 0.15) is 0 Å². The van der Waals surface area contributed by atoms with Crippen molar-refractivity contribution in [3.8, 4) is 0 Å². The summed E-state index contributed by atoms with van der Waals surface area (Å²) in [7, 11) is 0. The highest BCUT2D eigenvalue weighted by molar-refractivity contribution is 5.76. The monoisotopic (exact) mass is 169 g/mol. The summed E-state index contributed by atoms with van der Waals surface area (Å²) in [6, 6.07) is 0. The quantitative estimate of drug-likeness (QED) is 0.477. The minimum absolute atomic E-state index is 0.469. The number of hydrogen-bond donors (Lipinski definition) is 2. The third kappa shape index (κ3) is 1.67. The Kier molecular flexibility index (Phi) is 2.87. The largest absolute Gasteiger partial charge is 0.481 e. The van der Waals surface area contributed by atoms with Gasteiger partial charge < -0.3 is 10.4 Å². The van der Waals surface area contributed by atoms with Crippen molar-refractivity contribution in [2.45, 2.75) is 19.3 Å². The van der Waals surface area contributed by atoms with Crippen molar-refractivity contribution in [1.82, 2.24) is 5.32 Å². The fourth-order valence-electron chi connectivity index (χ4n) is 1.48. The molecular formula is C9H15NO2. The van der Waals surface area contributed by atoms with E-state index in [-0.39, 0.29) is 0 Å². The summed E-state index contributed by atoms with van der Waals surface area (Å²) in [5, 5.41) is 12.0. The molecule has 0 spiro atoms. The standard InChI is InChI=1S/C9H15NO2/c1-2-6-10-7-9(8(11)12)4-3-5-9/h2,10H,1,3-7H2,(H,11,12). The molecule has 0 bridgehead atoms. The summed E-state index contributed by atoms with van der Waals surface area (Å²) in [5.74, 6) is -0.662. The van der Waals surface area contributed by atoms with Crippen LogP contribution in [0.1, 0.15) is 19.3 Å². The minimum Gasteiger partial charge on any atom is -0.481 e. The Balaban J connectivity index is 2.34. The molecule has 2 N–H and O–H groups in total. The van der Waals surface area contributed by atoms with Crippen LogP contribution in [-0.2, 0) is 4.79 Å². The summed E-state index contributed by atoms with van der Waals surface area (Å²) in [4.78, 5) is 10.8. The van der Waals surface area contributed by atoms with Gasteiger partial charge in [0.15, 0.2) is 0 Å². The molecule has 1 fully saturated rings. The van der Waals surface area contributed by atoms with Gasteiger partial charge in [-0.05, 0) is 12.8 Å². The van der Waals surface area contributed by atoms with Crippen molar-refractivity contribution < 1.29 is 9.90 Å². The average molecular weight is 169 g/mol. The Hall–Kier alpha value is -0.830. The summed E-state index contributed by atoms with van der Waals surface area (Å²) in [6.45, 7) is 4.83. The van der Waals surface area contributed by atoms with Crippen molar-refractivity contribution in [3.05, 3.63) is 12.7 Å². The third-order valence-corrected chi connectivity index (χ3v) is 2.52. The Morgan fingerprint density at radius 2 is 2.33 bits per heavy atom. The van der Waals surface area contributed by atoms with E-state index in [0.717, 1.165) is 19.3 Å². The molecule has 1 saturated carbocycles. The van der Waals surface area contributed by atoms with Gasteiger partial charge in [-0.1, -0.05) is 12.5 Å². The molecule has 0 saturated heterocycles. The van der Waals surface area contributed by atoms with Crippen LogP contribution in [0.15, 0.2) is 12.7 Å². The Bertz CT molecular complexity index is 185. The van der Waals surface area contributed by atoms with Crippen molar-refractivity contribution in [1.29, 1.82) is 0 Å². The number of nitrogens with one attached hydrogen (secondary N) is 1. The maximum Gasteiger partial charge on any atom is 0.310 e. The molecular weight excluding hydrogens is 154 g/mol. The molecule has 3 heteroatoms. The van der Waals surface area contributed by atoms with E-state index in [1.165, 1.54) is 0 Å². The first kappa shape index (κ1) is 9.26. The van der Waals surface area contributed by atoms with Gasteiger partial charge in [-0.2, -0.15) is 0 Å². The first-order chi connectivity index (χ1) is 5.71. The Labute approximate surface area is 72.5 Å². The highest BCUT2D eigenvalue weighted by Gasteiger charge is 2.43. The van der Waals surface area contributed by atoms with Gasteiger partial charge in [0.05, 0.1) is 5.41 Å². The highest BCUT2D eigenvalue weighted by atomic mass is 16.4. The van der Waals surface area contributed by atoms with Gasteiger partial charge in [0, 0.05) is 13.1 Å². The molecule has 3 nitrogen and oxygen atoms in total. The normalized spacial score (nSPS) is 19.7. The summed E-state index contributed by atoms with van der Waals surface area (Å²) >= 11 is 0. The number of carbonyl (C=O) groups is 1. The molecule has 12 heavy (non-hydrogen) atoms. The van der Waals surface area contributed by atoms with Gasteiger partial charge in [-0.25, -0.2) is 0 Å². The lowest BCUT2D eigenvalue weighted by molar-refractivity contribution is -0.154.